The summed E-state index contributed by atoms with van der Waals surface area (Å²) >= 11 is 0. The largest absolute Gasteiger partial charge is 0.490 e. The van der Waals surface area contributed by atoms with Gasteiger partial charge in [0.1, 0.15) is 0 Å². The predicted octanol–water partition coefficient (Wildman–Crippen LogP) is 0.741. The number of alkyl halides is 3. The minimum absolute atomic E-state index is 0.185. The molecule has 6 nitrogen and oxygen atoms in total. The number of aromatic amines is 1. The number of carboxylic acid groups (broad SMARTS) is 2. The summed E-state index contributed by atoms with van der Waals surface area (Å²) < 4.78 is 31.7. The van der Waals surface area contributed by atoms with E-state index in [9.17, 15) is 18.0 Å². The van der Waals surface area contributed by atoms with Gasteiger partial charge in [0, 0.05) is 6.20 Å². The molecule has 0 saturated carbocycles. The zero-order valence-electron chi connectivity index (χ0n) is 6.95. The van der Waals surface area contributed by atoms with Gasteiger partial charge in [-0.1, -0.05) is 0 Å². The van der Waals surface area contributed by atoms with Crippen LogP contribution in [0.25, 0.3) is 0 Å². The molecule has 0 aromatic carbocycles. The van der Waals surface area contributed by atoms with E-state index in [-0.39, 0.29) is 5.56 Å². The van der Waals surface area contributed by atoms with E-state index in [2.05, 4.69) is 10.2 Å². The molecule has 84 valence electrons. The molecule has 9 heteroatoms. The van der Waals surface area contributed by atoms with Gasteiger partial charge in [0.15, 0.2) is 0 Å². The van der Waals surface area contributed by atoms with Gasteiger partial charge < -0.3 is 10.2 Å². The Labute approximate surface area is 80.3 Å². The van der Waals surface area contributed by atoms with Crippen LogP contribution in [-0.2, 0) is 4.79 Å². The Morgan fingerprint density at radius 3 is 1.93 bits per heavy atom. The van der Waals surface area contributed by atoms with Crippen molar-refractivity contribution in [3.63, 3.8) is 0 Å². The van der Waals surface area contributed by atoms with Gasteiger partial charge >= 0.3 is 18.1 Å². The number of hydrogen-bond donors (Lipinski definition) is 3. The fourth-order valence-electron chi connectivity index (χ4n) is 0.368. The molecule has 0 fully saturated rings. The lowest BCUT2D eigenvalue weighted by atomic mass is 10.4. The van der Waals surface area contributed by atoms with Crippen LogP contribution in [-0.4, -0.2) is 38.5 Å². The highest BCUT2D eigenvalue weighted by molar-refractivity contribution is 5.86. The van der Waals surface area contributed by atoms with Gasteiger partial charge in [0.2, 0.25) is 0 Å². The zero-order chi connectivity index (χ0) is 12.1. The van der Waals surface area contributed by atoms with Crippen molar-refractivity contribution >= 4 is 11.9 Å². The summed E-state index contributed by atoms with van der Waals surface area (Å²) in [6, 6.07) is 0. The van der Waals surface area contributed by atoms with Gasteiger partial charge in [-0.2, -0.15) is 18.3 Å². The van der Waals surface area contributed by atoms with E-state index in [0.717, 1.165) is 0 Å². The molecule has 0 atom stereocenters. The first-order chi connectivity index (χ1) is 6.75. The first kappa shape index (κ1) is 12.9. The summed E-state index contributed by atoms with van der Waals surface area (Å²) in [4.78, 5) is 18.9. The third-order valence-corrected chi connectivity index (χ3v) is 0.988. The Balaban J connectivity index is 0.000000265. The van der Waals surface area contributed by atoms with Crippen LogP contribution in [0.4, 0.5) is 13.2 Å². The number of carboxylic acids is 2. The summed E-state index contributed by atoms with van der Waals surface area (Å²) in [6.45, 7) is 0. The lowest BCUT2D eigenvalue weighted by molar-refractivity contribution is -0.192. The average molecular weight is 226 g/mol. The minimum Gasteiger partial charge on any atom is -0.478 e. The third kappa shape index (κ3) is 5.29. The quantitative estimate of drug-likeness (QED) is 0.655. The number of nitrogens with one attached hydrogen (secondary N) is 1. The van der Waals surface area contributed by atoms with Gasteiger partial charge in [0.05, 0.1) is 11.8 Å². The number of halogens is 3. The monoisotopic (exact) mass is 226 g/mol. The van der Waals surface area contributed by atoms with Crippen LogP contribution < -0.4 is 0 Å². The van der Waals surface area contributed by atoms with Gasteiger partial charge in [-0.3, -0.25) is 5.10 Å². The lowest BCUT2D eigenvalue weighted by Crippen LogP contribution is -2.21. The second kappa shape index (κ2) is 4.98. The Kier molecular flexibility index (Phi) is 4.30. The smallest absolute Gasteiger partial charge is 0.478 e. The van der Waals surface area contributed by atoms with Gasteiger partial charge in [-0.25, -0.2) is 9.59 Å². The minimum atomic E-state index is -5.08. The van der Waals surface area contributed by atoms with Crippen LogP contribution in [0.3, 0.4) is 0 Å². The molecule has 0 bridgehead atoms. The molecule has 0 aliphatic carbocycles. The third-order valence-electron chi connectivity index (χ3n) is 0.988. The number of aliphatic carboxylic acids is 1. The summed E-state index contributed by atoms with van der Waals surface area (Å²) in [5.41, 5.74) is 0.185. The second-order valence-corrected chi connectivity index (χ2v) is 2.10. The number of aromatic carboxylic acids is 1. The number of rotatable bonds is 1. The number of nitrogens with zero attached hydrogens (tertiary/aromatic N) is 1. The molecule has 0 saturated heterocycles. The molecule has 1 aromatic heterocycles. The Bertz CT molecular complexity index is 333. The Morgan fingerprint density at radius 1 is 1.33 bits per heavy atom. The SMILES string of the molecule is O=C(O)C(F)(F)F.O=C(O)c1cn[nH]c1. The summed E-state index contributed by atoms with van der Waals surface area (Å²) in [5, 5.41) is 21.2. The van der Waals surface area contributed by atoms with Crippen molar-refractivity contribution in [1.29, 1.82) is 0 Å². The van der Waals surface area contributed by atoms with Crippen molar-refractivity contribution in [2.45, 2.75) is 6.18 Å². The summed E-state index contributed by atoms with van der Waals surface area (Å²) in [5.74, 6) is -3.72. The molecule has 15 heavy (non-hydrogen) atoms. The zero-order valence-corrected chi connectivity index (χ0v) is 6.95. The number of carbonyl (C=O) groups is 2. The maximum Gasteiger partial charge on any atom is 0.490 e. The van der Waals surface area contributed by atoms with Crippen molar-refractivity contribution in [3.05, 3.63) is 18.0 Å². The van der Waals surface area contributed by atoms with Crippen LogP contribution in [0.1, 0.15) is 10.4 Å². The summed E-state index contributed by atoms with van der Waals surface area (Å²) in [6.07, 6.45) is -2.51. The van der Waals surface area contributed by atoms with Crippen molar-refractivity contribution in [2.75, 3.05) is 0 Å². The maximum absolute atomic E-state index is 10.6. The van der Waals surface area contributed by atoms with E-state index in [4.69, 9.17) is 15.0 Å². The molecule has 0 amide bonds. The van der Waals surface area contributed by atoms with E-state index in [1.54, 1.807) is 0 Å². The molecule has 1 aromatic rings. The van der Waals surface area contributed by atoms with E-state index >= 15 is 0 Å². The van der Waals surface area contributed by atoms with Gasteiger partial charge in [0.25, 0.3) is 0 Å². The fourth-order valence-corrected chi connectivity index (χ4v) is 0.368. The molecule has 3 N–H and O–H groups in total. The average Bonchev–Trinajstić information content (AvgIpc) is 2.54. The van der Waals surface area contributed by atoms with Crippen molar-refractivity contribution < 1.29 is 33.0 Å². The molecule has 1 rings (SSSR count). The molecular formula is C6H5F3N2O4. The van der Waals surface area contributed by atoms with Gasteiger partial charge in [-0.15, -0.1) is 0 Å². The predicted molar refractivity (Wildman–Crippen MR) is 39.2 cm³/mol. The van der Waals surface area contributed by atoms with E-state index in [1.807, 2.05) is 0 Å². The molecule has 1 heterocycles. The van der Waals surface area contributed by atoms with Crippen LogP contribution in [0, 0.1) is 0 Å². The van der Waals surface area contributed by atoms with Crippen LogP contribution in [0.15, 0.2) is 12.4 Å². The first-order valence-electron chi connectivity index (χ1n) is 3.27. The molecule has 0 aliphatic heterocycles. The van der Waals surface area contributed by atoms with E-state index in [1.165, 1.54) is 12.4 Å². The summed E-state index contributed by atoms with van der Waals surface area (Å²) in [7, 11) is 0. The molecule has 0 aliphatic rings. The van der Waals surface area contributed by atoms with E-state index in [0.29, 0.717) is 0 Å². The van der Waals surface area contributed by atoms with Crippen molar-refractivity contribution in [1.82, 2.24) is 10.2 Å². The molecule has 0 unspecified atom stereocenters. The normalized spacial score (nSPS) is 10.1. The van der Waals surface area contributed by atoms with Gasteiger partial charge in [-0.05, 0) is 0 Å². The first-order valence-corrected chi connectivity index (χ1v) is 3.27. The number of aromatic nitrogens is 2. The highest BCUT2D eigenvalue weighted by Gasteiger charge is 2.38. The lowest BCUT2D eigenvalue weighted by Gasteiger charge is -1.93. The highest BCUT2D eigenvalue weighted by atomic mass is 19.4. The van der Waals surface area contributed by atoms with Crippen LogP contribution in [0.5, 0.6) is 0 Å². The number of hydrogen-bond acceptors (Lipinski definition) is 3. The second-order valence-electron chi connectivity index (χ2n) is 2.10. The number of H-pyrrole nitrogens is 1. The van der Waals surface area contributed by atoms with Crippen LogP contribution in [0.2, 0.25) is 0 Å². The maximum atomic E-state index is 10.6. The topological polar surface area (TPSA) is 103 Å². The Morgan fingerprint density at radius 2 is 1.80 bits per heavy atom. The Hall–Kier alpha value is -2.06. The van der Waals surface area contributed by atoms with Crippen molar-refractivity contribution in [3.8, 4) is 0 Å². The van der Waals surface area contributed by atoms with Crippen LogP contribution >= 0.6 is 0 Å². The van der Waals surface area contributed by atoms with E-state index < -0.39 is 18.1 Å². The highest BCUT2D eigenvalue weighted by Crippen LogP contribution is 2.13. The van der Waals surface area contributed by atoms with Crippen molar-refractivity contribution in [2.24, 2.45) is 0 Å². The molecule has 0 radical (unpaired) electrons. The standard InChI is InChI=1S/C4H4N2O2.C2HF3O2/c7-4(8)3-1-5-6-2-3;3-2(4,5)1(6)7/h1-2H,(H,5,6)(H,7,8);(H,6,7). The molecular weight excluding hydrogens is 221 g/mol. The molecule has 0 spiro atoms. The fraction of sp³-hybridized carbons (Fsp3) is 0.167.